The zero-order valence-corrected chi connectivity index (χ0v) is 19.4. The van der Waals surface area contributed by atoms with Crippen molar-refractivity contribution in [1.29, 1.82) is 0 Å². The molecule has 2 fully saturated rings. The van der Waals surface area contributed by atoms with Crippen LogP contribution in [0.3, 0.4) is 0 Å². The van der Waals surface area contributed by atoms with Gasteiger partial charge in [-0.15, -0.1) is 0 Å². The quantitative estimate of drug-likeness (QED) is 0.642. The highest BCUT2D eigenvalue weighted by Crippen LogP contribution is 2.31. The fraction of sp³-hybridized carbons (Fsp3) is 0.609. The van der Waals surface area contributed by atoms with Crippen LogP contribution >= 0.6 is 0 Å². The molecule has 0 aliphatic heterocycles. The Morgan fingerprint density at radius 2 is 2.03 bits per heavy atom. The predicted molar refractivity (Wildman–Crippen MR) is 119 cm³/mol. The average Bonchev–Trinajstić information content (AvgIpc) is 3.37. The first-order chi connectivity index (χ1) is 15.8. The number of aryl methyl sites for hydroxylation is 2. The number of carbonyl (C=O) groups is 2. The first kappa shape index (κ1) is 23.0. The van der Waals surface area contributed by atoms with Gasteiger partial charge in [0.1, 0.15) is 18.4 Å². The number of carboxylic acids is 1. The average molecular weight is 458 g/mol. The highest BCUT2D eigenvalue weighted by Gasteiger charge is 2.31. The molecule has 10 nitrogen and oxygen atoms in total. The first-order valence-corrected chi connectivity index (χ1v) is 11.4. The topological polar surface area (TPSA) is 120 Å². The Morgan fingerprint density at radius 1 is 1.24 bits per heavy atom. The minimum Gasteiger partial charge on any atom is -0.481 e. The van der Waals surface area contributed by atoms with E-state index >= 15 is 0 Å². The lowest BCUT2D eigenvalue weighted by molar-refractivity contribution is -0.141. The van der Waals surface area contributed by atoms with Crippen LogP contribution in [0.25, 0.3) is 11.3 Å². The zero-order valence-electron chi connectivity index (χ0n) is 19.4. The maximum atomic E-state index is 12.4. The van der Waals surface area contributed by atoms with Gasteiger partial charge in [0.2, 0.25) is 5.88 Å². The molecular formula is C23H31N5O5. The van der Waals surface area contributed by atoms with Crippen LogP contribution in [-0.2, 0) is 23.2 Å². The molecule has 33 heavy (non-hydrogen) atoms. The number of aromatic nitrogens is 4. The standard InChI is InChI=1S/C23H31N5O5/c1-14-21(33-17-8-7-16(9-17)22(29)30)24-11-19(26-14)18-10-25-28(3)20(18)13-32-23(31)27(2)12-15-5-4-6-15/h10-11,15-17H,4-9,12-13H2,1-3H3,(H,29,30)/t16-,17-/m0/s1. The van der Waals surface area contributed by atoms with E-state index in [1.807, 2.05) is 0 Å². The third kappa shape index (κ3) is 5.26. The van der Waals surface area contributed by atoms with Gasteiger partial charge in [-0.05, 0) is 44.9 Å². The third-order valence-corrected chi connectivity index (χ3v) is 6.65. The number of nitrogens with zero attached hydrogens (tertiary/aromatic N) is 5. The van der Waals surface area contributed by atoms with E-state index < -0.39 is 5.97 Å². The van der Waals surface area contributed by atoms with E-state index in [0.29, 0.717) is 42.4 Å². The molecule has 0 bridgehead atoms. The molecule has 2 aliphatic rings. The van der Waals surface area contributed by atoms with Gasteiger partial charge in [-0.25, -0.2) is 14.8 Å². The second-order valence-corrected chi connectivity index (χ2v) is 9.09. The highest BCUT2D eigenvalue weighted by atomic mass is 16.6. The molecule has 0 aromatic carbocycles. The minimum absolute atomic E-state index is 0.0807. The molecule has 2 aromatic rings. The molecule has 178 valence electrons. The van der Waals surface area contributed by atoms with E-state index in [4.69, 9.17) is 9.47 Å². The van der Waals surface area contributed by atoms with E-state index in [1.165, 1.54) is 19.3 Å². The molecule has 4 rings (SSSR count). The molecule has 2 atom stereocenters. The lowest BCUT2D eigenvalue weighted by Crippen LogP contribution is -2.34. The van der Waals surface area contributed by atoms with E-state index in [-0.39, 0.29) is 24.7 Å². The molecular weight excluding hydrogens is 426 g/mol. The van der Waals surface area contributed by atoms with Crippen molar-refractivity contribution < 1.29 is 24.2 Å². The first-order valence-electron chi connectivity index (χ1n) is 11.4. The van der Waals surface area contributed by atoms with E-state index in [9.17, 15) is 14.7 Å². The molecule has 0 saturated heterocycles. The Kier molecular flexibility index (Phi) is 6.80. The SMILES string of the molecule is Cc1nc(-c2cnn(C)c2COC(=O)N(C)CC2CCC2)cnc1O[C@H]1CC[C@H](C(=O)O)C1. The van der Waals surface area contributed by atoms with Crippen LogP contribution in [0.1, 0.15) is 49.9 Å². The van der Waals surface area contributed by atoms with Gasteiger partial charge >= 0.3 is 12.1 Å². The van der Waals surface area contributed by atoms with Crippen molar-refractivity contribution in [2.45, 2.75) is 58.2 Å². The van der Waals surface area contributed by atoms with Gasteiger partial charge in [0.15, 0.2) is 0 Å². The van der Waals surface area contributed by atoms with E-state index in [0.717, 1.165) is 17.8 Å². The maximum Gasteiger partial charge on any atom is 0.409 e. The number of rotatable bonds is 8. The molecule has 0 radical (unpaired) electrons. The summed E-state index contributed by atoms with van der Waals surface area (Å²) in [6.45, 7) is 2.61. The van der Waals surface area contributed by atoms with Gasteiger partial charge in [-0.1, -0.05) is 6.42 Å². The summed E-state index contributed by atoms with van der Waals surface area (Å²) in [7, 11) is 3.56. The largest absolute Gasteiger partial charge is 0.481 e. The van der Waals surface area contributed by atoms with Gasteiger partial charge in [0.25, 0.3) is 0 Å². The minimum atomic E-state index is -0.779. The molecule has 2 aliphatic carbocycles. The lowest BCUT2D eigenvalue weighted by atomic mass is 9.85. The summed E-state index contributed by atoms with van der Waals surface area (Å²) in [5.74, 6) is -0.161. The van der Waals surface area contributed by atoms with Gasteiger partial charge < -0.3 is 19.5 Å². The fourth-order valence-corrected chi connectivity index (χ4v) is 4.37. The van der Waals surface area contributed by atoms with Gasteiger partial charge in [0, 0.05) is 26.2 Å². The van der Waals surface area contributed by atoms with Crippen LogP contribution in [0.15, 0.2) is 12.4 Å². The van der Waals surface area contributed by atoms with Crippen molar-refractivity contribution in [3.05, 3.63) is 23.8 Å². The molecule has 2 saturated carbocycles. The van der Waals surface area contributed by atoms with Crippen LogP contribution in [0, 0.1) is 18.8 Å². The molecule has 0 spiro atoms. The lowest BCUT2D eigenvalue weighted by Gasteiger charge is -2.29. The number of carbonyl (C=O) groups excluding carboxylic acids is 1. The molecule has 1 amide bonds. The Bertz CT molecular complexity index is 1020. The number of ether oxygens (including phenoxy) is 2. The predicted octanol–water partition coefficient (Wildman–Crippen LogP) is 3.19. The monoisotopic (exact) mass is 457 g/mol. The van der Waals surface area contributed by atoms with Gasteiger partial charge in [-0.2, -0.15) is 5.10 Å². The molecule has 2 aromatic heterocycles. The molecule has 1 N–H and O–H groups in total. The fourth-order valence-electron chi connectivity index (χ4n) is 4.37. The summed E-state index contributed by atoms with van der Waals surface area (Å²) in [4.78, 5) is 34.3. The Balaban J connectivity index is 1.40. The van der Waals surface area contributed by atoms with Crippen molar-refractivity contribution >= 4 is 12.1 Å². The second kappa shape index (κ2) is 9.76. The summed E-state index contributed by atoms with van der Waals surface area (Å²) in [5, 5.41) is 13.5. The summed E-state index contributed by atoms with van der Waals surface area (Å²) in [6.07, 6.45) is 8.11. The van der Waals surface area contributed by atoms with Crippen LogP contribution in [0.5, 0.6) is 5.88 Å². The second-order valence-electron chi connectivity index (χ2n) is 9.09. The van der Waals surface area contributed by atoms with Crippen LogP contribution in [0.2, 0.25) is 0 Å². The van der Waals surface area contributed by atoms with Crippen molar-refractivity contribution in [1.82, 2.24) is 24.6 Å². The van der Waals surface area contributed by atoms with E-state index in [2.05, 4.69) is 15.1 Å². The summed E-state index contributed by atoms with van der Waals surface area (Å²) in [5.41, 5.74) is 2.68. The Morgan fingerprint density at radius 3 is 2.67 bits per heavy atom. The molecule has 2 heterocycles. The number of amides is 1. The van der Waals surface area contributed by atoms with Gasteiger partial charge in [-0.3, -0.25) is 9.48 Å². The number of carboxylic acid groups (broad SMARTS) is 1. The number of hydrogen-bond acceptors (Lipinski definition) is 7. The van der Waals surface area contributed by atoms with Crippen molar-refractivity contribution in [2.24, 2.45) is 18.9 Å². The summed E-state index contributed by atoms with van der Waals surface area (Å²) >= 11 is 0. The Hall–Kier alpha value is -3.17. The smallest absolute Gasteiger partial charge is 0.409 e. The normalized spacial score (nSPS) is 20.3. The molecule has 0 unspecified atom stereocenters. The zero-order chi connectivity index (χ0) is 23.5. The van der Waals surface area contributed by atoms with Crippen molar-refractivity contribution in [3.63, 3.8) is 0 Å². The summed E-state index contributed by atoms with van der Waals surface area (Å²) < 4.78 is 13.1. The number of hydrogen-bond donors (Lipinski definition) is 1. The van der Waals surface area contributed by atoms with Crippen molar-refractivity contribution in [2.75, 3.05) is 13.6 Å². The van der Waals surface area contributed by atoms with Crippen LogP contribution < -0.4 is 4.74 Å². The maximum absolute atomic E-state index is 12.4. The number of aliphatic carboxylic acids is 1. The molecule has 10 heteroatoms. The third-order valence-electron chi connectivity index (χ3n) is 6.65. The highest BCUT2D eigenvalue weighted by molar-refractivity contribution is 5.70. The van der Waals surface area contributed by atoms with Crippen LogP contribution in [0.4, 0.5) is 4.79 Å². The Labute approximate surface area is 192 Å². The summed E-state index contributed by atoms with van der Waals surface area (Å²) in [6, 6.07) is 0. The van der Waals surface area contributed by atoms with E-state index in [1.54, 1.807) is 43.0 Å². The van der Waals surface area contributed by atoms with Crippen molar-refractivity contribution in [3.8, 4) is 17.1 Å². The van der Waals surface area contributed by atoms with Gasteiger partial charge in [0.05, 0.1) is 29.7 Å². The van der Waals surface area contributed by atoms with Crippen LogP contribution in [-0.4, -0.2) is 61.5 Å².